The minimum atomic E-state index is -0.405. The zero-order chi connectivity index (χ0) is 27.9. The molecule has 0 spiro atoms. The summed E-state index contributed by atoms with van der Waals surface area (Å²) in [5.74, 6) is 0.899. The molecule has 3 aromatic carbocycles. The van der Waals surface area contributed by atoms with Crippen molar-refractivity contribution in [2.75, 3.05) is 78.6 Å². The molecule has 2 aliphatic rings. The number of piperazine rings is 1. The standard InChI is InChI=1S/C31H37N3O5S/c1-36-26-21-23(22-27(37-2)30(26)38-3)31(35)39-20-19-33-17-15-32(16-18-33)13-8-14-34-24-9-4-6-11-28(24)40-29-12-7-5-10-25(29)34/h4-7,9-12,21-22H,8,13-20H2,1-3H3. The number of hydrogen-bond acceptors (Lipinski definition) is 9. The SMILES string of the molecule is COc1cc(C(=O)OCCN2CCN(CCCN3c4ccccc4Sc4ccccc43)CC2)cc(OC)c1OC. The van der Waals surface area contributed by atoms with Gasteiger partial charge in [-0.05, 0) is 49.4 Å². The van der Waals surface area contributed by atoms with Gasteiger partial charge in [-0.25, -0.2) is 4.79 Å². The Kier molecular flexibility index (Phi) is 9.36. The van der Waals surface area contributed by atoms with Crippen molar-refractivity contribution < 1.29 is 23.7 Å². The van der Waals surface area contributed by atoms with Crippen LogP contribution < -0.4 is 19.1 Å². The molecule has 0 radical (unpaired) electrons. The molecule has 1 saturated heterocycles. The van der Waals surface area contributed by atoms with Crippen LogP contribution in [0.3, 0.4) is 0 Å². The third-order valence-corrected chi connectivity index (χ3v) is 8.52. The number of methoxy groups -OCH3 is 3. The van der Waals surface area contributed by atoms with E-state index < -0.39 is 5.97 Å². The molecule has 2 heterocycles. The number of carbonyl (C=O) groups excluding carboxylic acids is 1. The molecule has 40 heavy (non-hydrogen) atoms. The molecule has 0 amide bonds. The summed E-state index contributed by atoms with van der Waals surface area (Å²) in [6, 6.07) is 20.6. The Morgan fingerprint density at radius 3 is 1.85 bits per heavy atom. The first-order valence-electron chi connectivity index (χ1n) is 13.7. The van der Waals surface area contributed by atoms with Crippen molar-refractivity contribution in [3.8, 4) is 17.2 Å². The van der Waals surface area contributed by atoms with Gasteiger partial charge in [-0.15, -0.1) is 0 Å². The van der Waals surface area contributed by atoms with E-state index >= 15 is 0 Å². The Hall–Kier alpha value is -3.40. The molecule has 0 aliphatic carbocycles. The van der Waals surface area contributed by atoms with Crippen LogP contribution in [0.2, 0.25) is 0 Å². The molecule has 0 atom stereocenters. The molecule has 0 saturated carbocycles. The van der Waals surface area contributed by atoms with Crippen molar-refractivity contribution >= 4 is 29.1 Å². The molecule has 0 unspecified atom stereocenters. The summed E-state index contributed by atoms with van der Waals surface area (Å²) in [6.45, 7) is 7.07. The van der Waals surface area contributed by atoms with Crippen LogP contribution in [0.1, 0.15) is 16.8 Å². The molecule has 212 valence electrons. The summed E-state index contributed by atoms with van der Waals surface area (Å²) < 4.78 is 21.6. The topological polar surface area (TPSA) is 63.7 Å². The quantitative estimate of drug-likeness (QED) is 0.294. The van der Waals surface area contributed by atoms with E-state index in [9.17, 15) is 4.79 Å². The van der Waals surface area contributed by atoms with E-state index in [-0.39, 0.29) is 0 Å². The Bertz CT molecular complexity index is 1240. The molecule has 1 fully saturated rings. The summed E-state index contributed by atoms with van der Waals surface area (Å²) >= 11 is 1.85. The lowest BCUT2D eigenvalue weighted by Crippen LogP contribution is -2.47. The molecular formula is C31H37N3O5S. The van der Waals surface area contributed by atoms with Crippen LogP contribution in [0.5, 0.6) is 17.2 Å². The molecule has 8 nitrogen and oxygen atoms in total. The lowest BCUT2D eigenvalue weighted by Gasteiger charge is -2.36. The summed E-state index contributed by atoms with van der Waals surface area (Å²) in [4.78, 5) is 22.7. The number of carbonyl (C=O) groups is 1. The fraction of sp³-hybridized carbons (Fsp3) is 0.387. The van der Waals surface area contributed by atoms with Gasteiger partial charge in [0.25, 0.3) is 0 Å². The van der Waals surface area contributed by atoms with Crippen LogP contribution in [0.15, 0.2) is 70.5 Å². The molecule has 2 aliphatic heterocycles. The fourth-order valence-electron chi connectivity index (χ4n) is 5.26. The first-order valence-corrected chi connectivity index (χ1v) is 14.5. The highest BCUT2D eigenvalue weighted by atomic mass is 32.2. The third-order valence-electron chi connectivity index (χ3n) is 7.39. The van der Waals surface area contributed by atoms with Crippen molar-refractivity contribution in [3.63, 3.8) is 0 Å². The number of hydrogen-bond donors (Lipinski definition) is 0. The van der Waals surface area contributed by atoms with Gasteiger partial charge in [0, 0.05) is 49.1 Å². The lowest BCUT2D eigenvalue weighted by molar-refractivity contribution is 0.0422. The predicted octanol–water partition coefficient (Wildman–Crippen LogP) is 5.18. The fourth-order valence-corrected chi connectivity index (χ4v) is 6.36. The van der Waals surface area contributed by atoms with E-state index in [4.69, 9.17) is 18.9 Å². The maximum Gasteiger partial charge on any atom is 0.338 e. The van der Waals surface area contributed by atoms with E-state index in [1.54, 1.807) is 12.1 Å². The van der Waals surface area contributed by atoms with Crippen molar-refractivity contribution in [1.82, 2.24) is 9.80 Å². The van der Waals surface area contributed by atoms with Crippen molar-refractivity contribution in [2.45, 2.75) is 16.2 Å². The van der Waals surface area contributed by atoms with E-state index in [1.807, 2.05) is 11.8 Å². The first-order chi connectivity index (χ1) is 19.6. The number of fused-ring (bicyclic) bond motifs is 2. The molecule has 3 aromatic rings. The lowest BCUT2D eigenvalue weighted by atomic mass is 10.2. The van der Waals surface area contributed by atoms with E-state index in [0.29, 0.717) is 36.0 Å². The van der Waals surface area contributed by atoms with Gasteiger partial charge >= 0.3 is 5.97 Å². The number of para-hydroxylation sites is 2. The van der Waals surface area contributed by atoms with Gasteiger partial charge in [-0.3, -0.25) is 4.90 Å². The Balaban J connectivity index is 1.06. The molecular weight excluding hydrogens is 526 g/mol. The molecule has 5 rings (SSSR count). The molecule has 0 aromatic heterocycles. The number of ether oxygens (including phenoxy) is 4. The van der Waals surface area contributed by atoms with Crippen LogP contribution in [-0.4, -0.2) is 89.5 Å². The minimum Gasteiger partial charge on any atom is -0.493 e. The molecule has 9 heteroatoms. The van der Waals surface area contributed by atoms with Gasteiger partial charge in [0.1, 0.15) is 6.61 Å². The highest BCUT2D eigenvalue weighted by Gasteiger charge is 2.24. The number of rotatable bonds is 11. The van der Waals surface area contributed by atoms with E-state index in [2.05, 4.69) is 63.2 Å². The Labute approximate surface area is 240 Å². The number of nitrogens with zero attached hydrogens (tertiary/aromatic N) is 3. The van der Waals surface area contributed by atoms with Gasteiger partial charge in [-0.2, -0.15) is 0 Å². The number of esters is 1. The van der Waals surface area contributed by atoms with Gasteiger partial charge in [-0.1, -0.05) is 36.0 Å². The summed E-state index contributed by atoms with van der Waals surface area (Å²) in [7, 11) is 4.58. The Morgan fingerprint density at radius 1 is 0.750 bits per heavy atom. The monoisotopic (exact) mass is 563 g/mol. The average molecular weight is 564 g/mol. The van der Waals surface area contributed by atoms with Crippen LogP contribution in [0.25, 0.3) is 0 Å². The Morgan fingerprint density at radius 2 is 1.30 bits per heavy atom. The van der Waals surface area contributed by atoms with E-state index in [0.717, 1.165) is 45.7 Å². The van der Waals surface area contributed by atoms with Crippen LogP contribution in [-0.2, 0) is 4.74 Å². The summed E-state index contributed by atoms with van der Waals surface area (Å²) in [5.41, 5.74) is 2.98. The van der Waals surface area contributed by atoms with Gasteiger partial charge in [0.15, 0.2) is 11.5 Å². The van der Waals surface area contributed by atoms with Gasteiger partial charge in [0.2, 0.25) is 5.75 Å². The zero-order valence-electron chi connectivity index (χ0n) is 23.4. The van der Waals surface area contributed by atoms with Gasteiger partial charge in [0.05, 0.1) is 38.3 Å². The maximum absolute atomic E-state index is 12.7. The zero-order valence-corrected chi connectivity index (χ0v) is 24.2. The van der Waals surface area contributed by atoms with Gasteiger partial charge < -0.3 is 28.7 Å². The normalized spacial score (nSPS) is 15.2. The highest BCUT2D eigenvalue weighted by Crippen LogP contribution is 2.47. The number of benzene rings is 3. The summed E-state index contributed by atoms with van der Waals surface area (Å²) in [6.07, 6.45) is 1.10. The van der Waals surface area contributed by atoms with Crippen molar-refractivity contribution in [2.24, 2.45) is 0 Å². The highest BCUT2D eigenvalue weighted by molar-refractivity contribution is 7.99. The second-order valence-corrected chi connectivity index (χ2v) is 10.9. The van der Waals surface area contributed by atoms with Crippen LogP contribution >= 0.6 is 11.8 Å². The summed E-state index contributed by atoms with van der Waals surface area (Å²) in [5, 5.41) is 0. The van der Waals surface area contributed by atoms with Crippen LogP contribution in [0.4, 0.5) is 11.4 Å². The smallest absolute Gasteiger partial charge is 0.338 e. The minimum absolute atomic E-state index is 0.335. The van der Waals surface area contributed by atoms with Crippen molar-refractivity contribution in [1.29, 1.82) is 0 Å². The number of anilines is 2. The second-order valence-electron chi connectivity index (χ2n) is 9.78. The average Bonchev–Trinajstić information content (AvgIpc) is 3.00. The van der Waals surface area contributed by atoms with E-state index in [1.165, 1.54) is 42.5 Å². The largest absolute Gasteiger partial charge is 0.493 e. The van der Waals surface area contributed by atoms with Crippen molar-refractivity contribution in [3.05, 3.63) is 66.2 Å². The maximum atomic E-state index is 12.7. The van der Waals surface area contributed by atoms with Crippen LogP contribution in [0, 0.1) is 0 Å². The predicted molar refractivity (Wildman–Crippen MR) is 158 cm³/mol. The molecule has 0 N–H and O–H groups in total. The second kappa shape index (κ2) is 13.3. The first kappa shape index (κ1) is 28.1. The third kappa shape index (κ3) is 6.32. The molecule has 0 bridgehead atoms.